The lowest BCUT2D eigenvalue weighted by Gasteiger charge is -2.25. The normalized spacial score (nSPS) is 18.9. The van der Waals surface area contributed by atoms with Crippen LogP contribution in [0.4, 0.5) is 0 Å². The summed E-state index contributed by atoms with van der Waals surface area (Å²) in [6.45, 7) is 2.68. The van der Waals surface area contributed by atoms with Crippen molar-refractivity contribution in [3.8, 4) is 5.75 Å². The van der Waals surface area contributed by atoms with Gasteiger partial charge in [0, 0.05) is 17.3 Å². The molecule has 2 aromatic heterocycles. The highest BCUT2D eigenvalue weighted by Crippen LogP contribution is 2.37. The van der Waals surface area contributed by atoms with Crippen LogP contribution in [0.2, 0.25) is 0 Å². The van der Waals surface area contributed by atoms with Crippen molar-refractivity contribution < 1.29 is 9.53 Å². The molecule has 5 heteroatoms. The van der Waals surface area contributed by atoms with Gasteiger partial charge in [0.1, 0.15) is 18.6 Å². The maximum Gasteiger partial charge on any atom is 0.131 e. The average molecular weight is 378 g/mol. The van der Waals surface area contributed by atoms with Crippen molar-refractivity contribution in [1.82, 2.24) is 9.55 Å². The fraction of sp³-hybridized carbons (Fsp3) is 0.273. The number of benzene rings is 1. The lowest BCUT2D eigenvalue weighted by Crippen LogP contribution is -2.15. The average Bonchev–Trinajstić information content (AvgIpc) is 3.40. The molecule has 1 aliphatic rings. The highest BCUT2D eigenvalue weighted by atomic mass is 32.1. The molecule has 0 saturated heterocycles. The summed E-state index contributed by atoms with van der Waals surface area (Å²) in [6.07, 6.45) is 10.6. The van der Waals surface area contributed by atoms with Gasteiger partial charge in [0.2, 0.25) is 0 Å². The molecular formula is C22H22N2O2S. The Morgan fingerprint density at radius 1 is 1.37 bits per heavy atom. The number of ether oxygens (including phenoxy) is 1. The Bertz CT molecular complexity index is 929. The van der Waals surface area contributed by atoms with E-state index in [0.29, 0.717) is 6.61 Å². The monoisotopic (exact) mass is 378 g/mol. The SMILES string of the molecule is CC(COc1ccc2c(c1)CC/C(=C\c1cccs1)C2C=O)n1ccnc1. The number of aromatic nitrogens is 2. The Hall–Kier alpha value is -2.66. The largest absolute Gasteiger partial charge is 0.491 e. The van der Waals surface area contributed by atoms with Crippen LogP contribution < -0.4 is 4.74 Å². The summed E-state index contributed by atoms with van der Waals surface area (Å²) in [6, 6.07) is 10.5. The summed E-state index contributed by atoms with van der Waals surface area (Å²) >= 11 is 1.70. The number of rotatable bonds is 6. The lowest BCUT2D eigenvalue weighted by atomic mass is 9.79. The summed E-state index contributed by atoms with van der Waals surface area (Å²) in [5.41, 5.74) is 3.51. The van der Waals surface area contributed by atoms with Crippen molar-refractivity contribution in [2.75, 3.05) is 6.61 Å². The molecule has 0 N–H and O–H groups in total. The predicted molar refractivity (Wildman–Crippen MR) is 108 cm³/mol. The minimum atomic E-state index is -0.158. The first-order valence-electron chi connectivity index (χ1n) is 9.17. The minimum absolute atomic E-state index is 0.158. The lowest BCUT2D eigenvalue weighted by molar-refractivity contribution is -0.108. The van der Waals surface area contributed by atoms with Crippen LogP contribution in [-0.2, 0) is 11.2 Å². The van der Waals surface area contributed by atoms with Gasteiger partial charge in [-0.15, -0.1) is 11.3 Å². The molecular weight excluding hydrogens is 356 g/mol. The van der Waals surface area contributed by atoms with Crippen LogP contribution in [0, 0.1) is 0 Å². The van der Waals surface area contributed by atoms with Gasteiger partial charge < -0.3 is 14.1 Å². The van der Waals surface area contributed by atoms with Crippen molar-refractivity contribution >= 4 is 23.7 Å². The first-order chi connectivity index (χ1) is 13.2. The van der Waals surface area contributed by atoms with E-state index in [9.17, 15) is 4.79 Å². The molecule has 0 saturated carbocycles. The summed E-state index contributed by atoms with van der Waals surface area (Å²) in [5, 5.41) is 2.06. The number of thiophene rings is 1. The number of carbonyl (C=O) groups excluding carboxylic acids is 1. The predicted octanol–water partition coefficient (Wildman–Crippen LogP) is 4.90. The van der Waals surface area contributed by atoms with Crippen LogP contribution in [-0.4, -0.2) is 22.4 Å². The number of aryl methyl sites for hydroxylation is 1. The summed E-state index contributed by atoms with van der Waals surface area (Å²) in [4.78, 5) is 17.1. The van der Waals surface area contributed by atoms with E-state index in [0.717, 1.165) is 30.4 Å². The Balaban J connectivity index is 1.50. The van der Waals surface area contributed by atoms with Crippen molar-refractivity contribution in [2.45, 2.75) is 31.7 Å². The molecule has 0 bridgehead atoms. The van der Waals surface area contributed by atoms with Crippen molar-refractivity contribution in [1.29, 1.82) is 0 Å². The molecule has 0 aliphatic heterocycles. The van der Waals surface area contributed by atoms with Gasteiger partial charge in [0.15, 0.2) is 0 Å². The van der Waals surface area contributed by atoms with Gasteiger partial charge in [-0.05, 0) is 60.5 Å². The van der Waals surface area contributed by atoms with Crippen LogP contribution in [0.5, 0.6) is 5.75 Å². The molecule has 0 spiro atoms. The van der Waals surface area contributed by atoms with Crippen molar-refractivity contribution in [2.24, 2.45) is 0 Å². The highest BCUT2D eigenvalue weighted by Gasteiger charge is 2.24. The highest BCUT2D eigenvalue weighted by molar-refractivity contribution is 7.10. The maximum atomic E-state index is 11.8. The molecule has 0 amide bonds. The first-order valence-corrected chi connectivity index (χ1v) is 10.0. The quantitative estimate of drug-likeness (QED) is 0.573. The van der Waals surface area contributed by atoms with E-state index in [2.05, 4.69) is 35.5 Å². The molecule has 1 aromatic carbocycles. The topological polar surface area (TPSA) is 44.1 Å². The van der Waals surface area contributed by atoms with E-state index in [1.165, 1.54) is 16.0 Å². The van der Waals surface area contributed by atoms with E-state index < -0.39 is 0 Å². The van der Waals surface area contributed by atoms with Gasteiger partial charge in [-0.3, -0.25) is 0 Å². The van der Waals surface area contributed by atoms with E-state index in [1.54, 1.807) is 23.9 Å². The van der Waals surface area contributed by atoms with Gasteiger partial charge in [-0.25, -0.2) is 4.98 Å². The molecule has 27 heavy (non-hydrogen) atoms. The fourth-order valence-corrected chi connectivity index (χ4v) is 4.23. The molecule has 4 nitrogen and oxygen atoms in total. The van der Waals surface area contributed by atoms with Crippen LogP contribution in [0.15, 0.2) is 60.0 Å². The molecule has 2 heterocycles. The third-order valence-electron chi connectivity index (χ3n) is 5.06. The number of carbonyl (C=O) groups is 1. The van der Waals surface area contributed by atoms with Crippen LogP contribution in [0.1, 0.15) is 41.3 Å². The molecule has 3 aromatic rings. The Morgan fingerprint density at radius 3 is 3.04 bits per heavy atom. The van der Waals surface area contributed by atoms with Crippen LogP contribution in [0.25, 0.3) is 6.08 Å². The van der Waals surface area contributed by atoms with Gasteiger partial charge in [-0.1, -0.05) is 17.7 Å². The number of nitrogens with zero attached hydrogens (tertiary/aromatic N) is 2. The molecule has 0 radical (unpaired) electrons. The second kappa shape index (κ2) is 7.92. The van der Waals surface area contributed by atoms with Gasteiger partial charge in [-0.2, -0.15) is 0 Å². The second-order valence-electron chi connectivity index (χ2n) is 6.88. The third kappa shape index (κ3) is 3.88. The summed E-state index contributed by atoms with van der Waals surface area (Å²) in [5.74, 6) is 0.700. The van der Waals surface area contributed by atoms with E-state index >= 15 is 0 Å². The molecule has 2 atom stereocenters. The van der Waals surface area contributed by atoms with Crippen LogP contribution in [0.3, 0.4) is 0 Å². The Kier molecular flexibility index (Phi) is 5.21. The van der Waals surface area contributed by atoms with E-state index in [4.69, 9.17) is 4.74 Å². The molecule has 1 aliphatic carbocycles. The fourth-order valence-electron chi connectivity index (χ4n) is 3.54. The van der Waals surface area contributed by atoms with Crippen molar-refractivity contribution in [3.63, 3.8) is 0 Å². The number of aldehydes is 1. The first kappa shape index (κ1) is 17.7. The zero-order valence-corrected chi connectivity index (χ0v) is 16.1. The number of allylic oxidation sites excluding steroid dienone is 1. The molecule has 2 unspecified atom stereocenters. The van der Waals surface area contributed by atoms with Gasteiger partial charge >= 0.3 is 0 Å². The Morgan fingerprint density at radius 2 is 2.30 bits per heavy atom. The number of hydrogen-bond donors (Lipinski definition) is 0. The third-order valence-corrected chi connectivity index (χ3v) is 5.88. The van der Waals surface area contributed by atoms with E-state index in [1.807, 2.05) is 29.0 Å². The smallest absolute Gasteiger partial charge is 0.131 e. The minimum Gasteiger partial charge on any atom is -0.491 e. The zero-order chi connectivity index (χ0) is 18.6. The second-order valence-corrected chi connectivity index (χ2v) is 7.86. The maximum absolute atomic E-state index is 11.8. The molecule has 4 rings (SSSR count). The Labute approximate surface area is 163 Å². The number of fused-ring (bicyclic) bond motifs is 1. The van der Waals surface area contributed by atoms with Gasteiger partial charge in [0.05, 0.1) is 18.3 Å². The molecule has 0 fully saturated rings. The summed E-state index contributed by atoms with van der Waals surface area (Å²) < 4.78 is 8.02. The van der Waals surface area contributed by atoms with E-state index in [-0.39, 0.29) is 12.0 Å². The standard InChI is InChI=1S/C22H22N2O2S/c1-16(24-9-8-23-15-24)14-26-19-6-7-21-17(11-19)4-5-18(22(21)13-25)12-20-3-2-10-27-20/h2-3,6-13,15-16,22H,4-5,14H2,1H3/b18-12+. The van der Waals surface area contributed by atoms with Crippen molar-refractivity contribution in [3.05, 3.63) is 76.0 Å². The van der Waals surface area contributed by atoms with Crippen LogP contribution >= 0.6 is 11.3 Å². The summed E-state index contributed by atoms with van der Waals surface area (Å²) in [7, 11) is 0. The number of hydrogen-bond acceptors (Lipinski definition) is 4. The number of imidazole rings is 1. The van der Waals surface area contributed by atoms with Gasteiger partial charge in [0.25, 0.3) is 0 Å². The molecule has 138 valence electrons. The zero-order valence-electron chi connectivity index (χ0n) is 15.2.